The molecule has 0 saturated carbocycles. The Bertz CT molecular complexity index is 126. The van der Waals surface area contributed by atoms with Crippen molar-refractivity contribution in [3.8, 4) is 0 Å². The lowest BCUT2D eigenvalue weighted by Crippen LogP contribution is -2.49. The third-order valence-electron chi connectivity index (χ3n) is 2.72. The first-order valence-electron chi connectivity index (χ1n) is 4.10. The third kappa shape index (κ3) is 0.944. The Labute approximate surface area is 61.5 Å². The first-order valence-corrected chi connectivity index (χ1v) is 4.10. The molecular formula is C7H15N3. The van der Waals surface area contributed by atoms with E-state index < -0.39 is 0 Å². The molecule has 2 aliphatic heterocycles. The number of piperidine rings is 1. The highest BCUT2D eigenvalue weighted by Gasteiger charge is 2.33. The molecule has 3 heteroatoms. The highest BCUT2D eigenvalue weighted by Crippen LogP contribution is 2.23. The van der Waals surface area contributed by atoms with Gasteiger partial charge in [-0.3, -0.25) is 5.84 Å². The highest BCUT2D eigenvalue weighted by molar-refractivity contribution is 4.89. The molecule has 10 heavy (non-hydrogen) atoms. The van der Waals surface area contributed by atoms with Crippen LogP contribution >= 0.6 is 0 Å². The normalized spacial score (nSPS) is 41.7. The molecule has 0 amide bonds. The van der Waals surface area contributed by atoms with Gasteiger partial charge in [-0.2, -0.15) is 0 Å². The molecule has 0 aliphatic carbocycles. The Morgan fingerprint density at radius 2 is 2.30 bits per heavy atom. The molecule has 0 aromatic rings. The van der Waals surface area contributed by atoms with Gasteiger partial charge in [-0.1, -0.05) is 0 Å². The van der Waals surface area contributed by atoms with Gasteiger partial charge in [0.15, 0.2) is 0 Å². The fourth-order valence-corrected chi connectivity index (χ4v) is 2.10. The summed E-state index contributed by atoms with van der Waals surface area (Å²) in [6, 6.07) is 0.633. The second-order valence-corrected chi connectivity index (χ2v) is 3.37. The van der Waals surface area contributed by atoms with Crippen molar-refractivity contribution in [3.05, 3.63) is 0 Å². The van der Waals surface area contributed by atoms with E-state index in [-0.39, 0.29) is 0 Å². The molecule has 0 aromatic heterocycles. The second kappa shape index (κ2) is 2.49. The molecule has 3 nitrogen and oxygen atoms in total. The van der Waals surface area contributed by atoms with E-state index in [9.17, 15) is 0 Å². The topological polar surface area (TPSA) is 41.3 Å². The SMILES string of the molecule is NN1CCCC2CNCC21. The minimum absolute atomic E-state index is 0.633. The summed E-state index contributed by atoms with van der Waals surface area (Å²) >= 11 is 0. The van der Waals surface area contributed by atoms with Crippen LogP contribution in [-0.4, -0.2) is 30.7 Å². The van der Waals surface area contributed by atoms with E-state index >= 15 is 0 Å². The molecule has 2 aliphatic rings. The van der Waals surface area contributed by atoms with Crippen molar-refractivity contribution in [3.63, 3.8) is 0 Å². The zero-order valence-corrected chi connectivity index (χ0v) is 6.21. The molecule has 0 radical (unpaired) electrons. The average Bonchev–Trinajstić information content (AvgIpc) is 2.36. The number of nitrogens with zero attached hydrogens (tertiary/aromatic N) is 1. The Balaban J connectivity index is 2.03. The molecule has 0 bridgehead atoms. The quantitative estimate of drug-likeness (QED) is 0.449. The summed E-state index contributed by atoms with van der Waals surface area (Å²) in [5.41, 5.74) is 0. The predicted octanol–water partition coefficient (Wildman–Crippen LogP) is -0.456. The monoisotopic (exact) mass is 141 g/mol. The van der Waals surface area contributed by atoms with Crippen LogP contribution in [0.3, 0.4) is 0 Å². The van der Waals surface area contributed by atoms with Crippen molar-refractivity contribution in [2.45, 2.75) is 18.9 Å². The number of hydrazine groups is 1. The second-order valence-electron chi connectivity index (χ2n) is 3.37. The Morgan fingerprint density at radius 3 is 3.10 bits per heavy atom. The van der Waals surface area contributed by atoms with E-state index in [0.717, 1.165) is 19.0 Å². The van der Waals surface area contributed by atoms with Crippen LogP contribution in [-0.2, 0) is 0 Å². The van der Waals surface area contributed by atoms with Crippen LogP contribution in [0.15, 0.2) is 0 Å². The summed E-state index contributed by atoms with van der Waals surface area (Å²) in [6.07, 6.45) is 2.64. The van der Waals surface area contributed by atoms with Crippen LogP contribution in [0.5, 0.6) is 0 Å². The molecule has 0 spiro atoms. The number of nitrogens with one attached hydrogen (secondary N) is 1. The number of rotatable bonds is 0. The molecule has 2 atom stereocenters. The standard InChI is InChI=1S/C7H15N3/c8-10-3-1-2-6-4-9-5-7(6)10/h6-7,9H,1-5,8H2. The molecular weight excluding hydrogens is 126 g/mol. The molecule has 0 aromatic carbocycles. The van der Waals surface area contributed by atoms with Gasteiger partial charge in [0.2, 0.25) is 0 Å². The van der Waals surface area contributed by atoms with Gasteiger partial charge in [0.25, 0.3) is 0 Å². The van der Waals surface area contributed by atoms with Gasteiger partial charge in [0.1, 0.15) is 0 Å². The summed E-state index contributed by atoms with van der Waals surface area (Å²) in [4.78, 5) is 0. The summed E-state index contributed by atoms with van der Waals surface area (Å²) in [6.45, 7) is 3.36. The summed E-state index contributed by atoms with van der Waals surface area (Å²) in [5, 5.41) is 5.38. The van der Waals surface area contributed by atoms with Crippen LogP contribution in [0.2, 0.25) is 0 Å². The van der Waals surface area contributed by atoms with Gasteiger partial charge in [0.05, 0.1) is 0 Å². The minimum Gasteiger partial charge on any atom is -0.315 e. The van der Waals surface area contributed by atoms with Crippen molar-refractivity contribution in [1.82, 2.24) is 10.3 Å². The van der Waals surface area contributed by atoms with Crippen molar-refractivity contribution >= 4 is 0 Å². The Kier molecular flexibility index (Phi) is 1.64. The lowest BCUT2D eigenvalue weighted by atomic mass is 9.94. The first kappa shape index (κ1) is 6.58. The Hall–Kier alpha value is -0.120. The molecule has 2 unspecified atom stereocenters. The third-order valence-corrected chi connectivity index (χ3v) is 2.72. The highest BCUT2D eigenvalue weighted by atomic mass is 15.4. The maximum atomic E-state index is 5.81. The Morgan fingerprint density at radius 1 is 1.40 bits per heavy atom. The van der Waals surface area contributed by atoms with Gasteiger partial charge in [-0.15, -0.1) is 0 Å². The molecule has 2 fully saturated rings. The molecule has 58 valence electrons. The van der Waals surface area contributed by atoms with Crippen LogP contribution < -0.4 is 11.2 Å². The van der Waals surface area contributed by atoms with Crippen LogP contribution in [0, 0.1) is 5.92 Å². The lowest BCUT2D eigenvalue weighted by Gasteiger charge is -2.33. The van der Waals surface area contributed by atoms with Gasteiger partial charge in [-0.05, 0) is 25.3 Å². The van der Waals surface area contributed by atoms with E-state index in [2.05, 4.69) is 5.32 Å². The summed E-state index contributed by atoms with van der Waals surface area (Å²) in [5.74, 6) is 6.65. The molecule has 3 N–H and O–H groups in total. The van der Waals surface area contributed by atoms with Crippen LogP contribution in [0.1, 0.15) is 12.8 Å². The van der Waals surface area contributed by atoms with Gasteiger partial charge < -0.3 is 5.32 Å². The molecule has 2 rings (SSSR count). The fourth-order valence-electron chi connectivity index (χ4n) is 2.10. The first-order chi connectivity index (χ1) is 4.88. The number of hydrogen-bond donors (Lipinski definition) is 2. The number of fused-ring (bicyclic) bond motifs is 1. The lowest BCUT2D eigenvalue weighted by molar-refractivity contribution is 0.127. The molecule has 2 saturated heterocycles. The largest absolute Gasteiger partial charge is 0.315 e. The average molecular weight is 141 g/mol. The van der Waals surface area contributed by atoms with E-state index in [4.69, 9.17) is 5.84 Å². The maximum Gasteiger partial charge on any atom is 0.0406 e. The van der Waals surface area contributed by atoms with E-state index in [1.54, 1.807) is 0 Å². The van der Waals surface area contributed by atoms with Gasteiger partial charge >= 0.3 is 0 Å². The van der Waals surface area contributed by atoms with Crippen molar-refractivity contribution in [2.75, 3.05) is 19.6 Å². The van der Waals surface area contributed by atoms with Crippen molar-refractivity contribution < 1.29 is 0 Å². The van der Waals surface area contributed by atoms with E-state index in [1.165, 1.54) is 19.4 Å². The number of nitrogens with two attached hydrogens (primary N) is 1. The maximum absolute atomic E-state index is 5.81. The fraction of sp³-hybridized carbons (Fsp3) is 1.00. The summed E-state index contributed by atoms with van der Waals surface area (Å²) in [7, 11) is 0. The zero-order chi connectivity index (χ0) is 6.97. The van der Waals surface area contributed by atoms with Gasteiger partial charge in [-0.25, -0.2) is 5.01 Å². The summed E-state index contributed by atoms with van der Waals surface area (Å²) < 4.78 is 0. The van der Waals surface area contributed by atoms with Crippen LogP contribution in [0.4, 0.5) is 0 Å². The van der Waals surface area contributed by atoms with Crippen molar-refractivity contribution in [1.29, 1.82) is 0 Å². The zero-order valence-electron chi connectivity index (χ0n) is 6.21. The molecule has 2 heterocycles. The number of hydrogen-bond acceptors (Lipinski definition) is 3. The van der Waals surface area contributed by atoms with E-state index in [0.29, 0.717) is 6.04 Å². The smallest absolute Gasteiger partial charge is 0.0406 e. The van der Waals surface area contributed by atoms with Crippen LogP contribution in [0.25, 0.3) is 0 Å². The van der Waals surface area contributed by atoms with Gasteiger partial charge in [0, 0.05) is 19.1 Å². The minimum atomic E-state index is 0.633. The van der Waals surface area contributed by atoms with E-state index in [1.807, 2.05) is 5.01 Å². The van der Waals surface area contributed by atoms with Crippen molar-refractivity contribution in [2.24, 2.45) is 11.8 Å². The predicted molar refractivity (Wildman–Crippen MR) is 40.3 cm³/mol.